The van der Waals surface area contributed by atoms with E-state index < -0.39 is 5.82 Å². The first kappa shape index (κ1) is 18.4. The predicted molar refractivity (Wildman–Crippen MR) is 105 cm³/mol. The SMILES string of the molecule is COc1ccc(C(=O)N[C@@H]2CCN(C)[C@@H](c3nc4ccccc4[nH]3)C2)cc1F. The maximum atomic E-state index is 13.9. The number of para-hydroxylation sites is 2. The highest BCUT2D eigenvalue weighted by molar-refractivity contribution is 5.94. The van der Waals surface area contributed by atoms with E-state index in [0.29, 0.717) is 0 Å². The number of H-pyrrole nitrogens is 1. The van der Waals surface area contributed by atoms with Crippen LogP contribution in [-0.2, 0) is 0 Å². The molecule has 28 heavy (non-hydrogen) atoms. The normalized spacial score (nSPS) is 20.2. The first-order chi connectivity index (χ1) is 13.5. The van der Waals surface area contributed by atoms with Crippen LogP contribution in [0.4, 0.5) is 4.39 Å². The number of likely N-dealkylation sites (tertiary alicyclic amines) is 1. The topological polar surface area (TPSA) is 70.2 Å². The van der Waals surface area contributed by atoms with Gasteiger partial charge in [0.15, 0.2) is 11.6 Å². The molecule has 1 aliphatic rings. The number of piperidine rings is 1. The molecule has 0 radical (unpaired) electrons. The van der Waals surface area contributed by atoms with Gasteiger partial charge in [-0.25, -0.2) is 9.37 Å². The van der Waals surface area contributed by atoms with Crippen LogP contribution < -0.4 is 10.1 Å². The zero-order chi connectivity index (χ0) is 19.7. The molecule has 0 aliphatic carbocycles. The van der Waals surface area contributed by atoms with Crippen molar-refractivity contribution in [2.75, 3.05) is 20.7 Å². The van der Waals surface area contributed by atoms with Gasteiger partial charge in [-0.3, -0.25) is 9.69 Å². The number of imidazole rings is 1. The lowest BCUT2D eigenvalue weighted by Crippen LogP contribution is -2.45. The molecule has 0 bridgehead atoms. The molecule has 0 spiro atoms. The largest absolute Gasteiger partial charge is 0.494 e. The number of halogens is 1. The van der Waals surface area contributed by atoms with E-state index in [1.165, 1.54) is 19.2 Å². The summed E-state index contributed by atoms with van der Waals surface area (Å²) in [6.07, 6.45) is 1.57. The third-order valence-electron chi connectivity index (χ3n) is 5.34. The molecule has 146 valence electrons. The minimum absolute atomic E-state index is 0.00734. The number of aromatic amines is 1. The van der Waals surface area contributed by atoms with Crippen molar-refractivity contribution in [1.82, 2.24) is 20.2 Å². The summed E-state index contributed by atoms with van der Waals surface area (Å²) in [5.74, 6) is 0.206. The summed E-state index contributed by atoms with van der Waals surface area (Å²) in [6.45, 7) is 0.837. The van der Waals surface area contributed by atoms with Crippen LogP contribution in [0.25, 0.3) is 11.0 Å². The van der Waals surface area contributed by atoms with Crippen molar-refractivity contribution in [3.63, 3.8) is 0 Å². The molecule has 2 atom stereocenters. The van der Waals surface area contributed by atoms with Crippen LogP contribution >= 0.6 is 0 Å². The van der Waals surface area contributed by atoms with Gasteiger partial charge in [-0.15, -0.1) is 0 Å². The Kier molecular flexibility index (Phi) is 5.00. The van der Waals surface area contributed by atoms with E-state index in [0.717, 1.165) is 36.2 Å². The van der Waals surface area contributed by atoms with Gasteiger partial charge in [0.1, 0.15) is 5.82 Å². The summed E-state index contributed by atoms with van der Waals surface area (Å²) >= 11 is 0. The molecular formula is C21H23FN4O2. The summed E-state index contributed by atoms with van der Waals surface area (Å²) in [6, 6.07) is 12.3. The molecular weight excluding hydrogens is 359 g/mol. The Labute approximate surface area is 162 Å². The Balaban J connectivity index is 1.48. The summed E-state index contributed by atoms with van der Waals surface area (Å²) in [5.41, 5.74) is 2.23. The highest BCUT2D eigenvalue weighted by Crippen LogP contribution is 2.29. The van der Waals surface area contributed by atoms with Crippen LogP contribution in [-0.4, -0.2) is 47.5 Å². The number of nitrogens with zero attached hydrogens (tertiary/aromatic N) is 2. The van der Waals surface area contributed by atoms with E-state index in [4.69, 9.17) is 9.72 Å². The van der Waals surface area contributed by atoms with Gasteiger partial charge in [-0.2, -0.15) is 0 Å². The molecule has 3 aromatic rings. The number of carbonyl (C=O) groups is 1. The summed E-state index contributed by atoms with van der Waals surface area (Å²) < 4.78 is 18.8. The predicted octanol–water partition coefficient (Wildman–Crippen LogP) is 3.28. The van der Waals surface area contributed by atoms with Crippen molar-refractivity contribution in [1.29, 1.82) is 0 Å². The number of aromatic nitrogens is 2. The molecule has 1 saturated heterocycles. The molecule has 0 unspecified atom stereocenters. The summed E-state index contributed by atoms with van der Waals surface area (Å²) in [5, 5.41) is 3.04. The fraction of sp³-hybridized carbons (Fsp3) is 0.333. The molecule has 1 aliphatic heterocycles. The summed E-state index contributed by atoms with van der Waals surface area (Å²) in [7, 11) is 3.46. The fourth-order valence-electron chi connectivity index (χ4n) is 3.74. The lowest BCUT2D eigenvalue weighted by Gasteiger charge is -2.36. The molecule has 6 nitrogen and oxygen atoms in total. The average Bonchev–Trinajstić information content (AvgIpc) is 3.13. The zero-order valence-corrected chi connectivity index (χ0v) is 15.9. The number of hydrogen-bond acceptors (Lipinski definition) is 4. The minimum Gasteiger partial charge on any atom is -0.494 e. The van der Waals surface area contributed by atoms with E-state index in [1.807, 2.05) is 24.3 Å². The van der Waals surface area contributed by atoms with Gasteiger partial charge in [0, 0.05) is 18.2 Å². The van der Waals surface area contributed by atoms with E-state index in [9.17, 15) is 9.18 Å². The third kappa shape index (κ3) is 3.57. The molecule has 2 heterocycles. The zero-order valence-electron chi connectivity index (χ0n) is 15.9. The first-order valence-corrected chi connectivity index (χ1v) is 9.34. The van der Waals surface area contributed by atoms with Crippen molar-refractivity contribution in [2.45, 2.75) is 24.9 Å². The smallest absolute Gasteiger partial charge is 0.251 e. The van der Waals surface area contributed by atoms with Crippen LogP contribution in [0.3, 0.4) is 0 Å². The second-order valence-corrected chi connectivity index (χ2v) is 7.18. The second kappa shape index (κ2) is 7.59. The monoisotopic (exact) mass is 382 g/mol. The number of fused-ring (bicyclic) bond motifs is 1. The molecule has 1 aromatic heterocycles. The van der Waals surface area contributed by atoms with Gasteiger partial charge in [-0.1, -0.05) is 12.1 Å². The van der Waals surface area contributed by atoms with Crippen molar-refractivity contribution >= 4 is 16.9 Å². The molecule has 4 rings (SSSR count). The number of ether oxygens (including phenoxy) is 1. The Bertz CT molecular complexity index is 970. The van der Waals surface area contributed by atoms with Gasteiger partial charge in [0.25, 0.3) is 5.91 Å². The number of nitrogens with one attached hydrogen (secondary N) is 2. The number of amides is 1. The molecule has 2 N–H and O–H groups in total. The maximum Gasteiger partial charge on any atom is 0.251 e. The molecule has 2 aromatic carbocycles. The van der Waals surface area contributed by atoms with Crippen LogP contribution in [0.2, 0.25) is 0 Å². The van der Waals surface area contributed by atoms with Crippen molar-refractivity contribution in [3.8, 4) is 5.75 Å². The summed E-state index contributed by atoms with van der Waals surface area (Å²) in [4.78, 5) is 22.9. The van der Waals surface area contributed by atoms with Gasteiger partial charge in [0.05, 0.1) is 24.2 Å². The van der Waals surface area contributed by atoms with Crippen LogP contribution in [0.15, 0.2) is 42.5 Å². The third-order valence-corrected chi connectivity index (χ3v) is 5.34. The molecule has 1 amide bonds. The Morgan fingerprint density at radius 2 is 2.14 bits per heavy atom. The fourth-order valence-corrected chi connectivity index (χ4v) is 3.74. The lowest BCUT2D eigenvalue weighted by molar-refractivity contribution is 0.0883. The standard InChI is InChI=1S/C21H23FN4O2/c1-26-10-9-14(23-21(27)13-7-8-19(28-2)15(22)11-13)12-18(26)20-24-16-5-3-4-6-17(16)25-20/h3-8,11,14,18H,9-10,12H2,1-2H3,(H,23,27)(H,24,25)/t14-,18-/m1/s1. The Morgan fingerprint density at radius 1 is 1.32 bits per heavy atom. The molecule has 0 saturated carbocycles. The van der Waals surface area contributed by atoms with Crippen LogP contribution in [0.5, 0.6) is 5.75 Å². The Morgan fingerprint density at radius 3 is 2.89 bits per heavy atom. The quantitative estimate of drug-likeness (QED) is 0.727. The number of rotatable bonds is 4. The number of hydrogen-bond donors (Lipinski definition) is 2. The maximum absolute atomic E-state index is 13.9. The van der Waals surface area contributed by atoms with Gasteiger partial charge in [0.2, 0.25) is 0 Å². The molecule has 7 heteroatoms. The highest BCUT2D eigenvalue weighted by atomic mass is 19.1. The average molecular weight is 382 g/mol. The first-order valence-electron chi connectivity index (χ1n) is 9.34. The minimum atomic E-state index is -0.543. The second-order valence-electron chi connectivity index (χ2n) is 7.18. The van der Waals surface area contributed by atoms with Gasteiger partial charge in [-0.05, 0) is 50.2 Å². The highest BCUT2D eigenvalue weighted by Gasteiger charge is 2.30. The number of carbonyl (C=O) groups excluding carboxylic acids is 1. The molecule has 1 fully saturated rings. The van der Waals surface area contributed by atoms with Crippen LogP contribution in [0, 0.1) is 5.82 Å². The van der Waals surface area contributed by atoms with Crippen molar-refractivity contribution in [2.24, 2.45) is 0 Å². The van der Waals surface area contributed by atoms with E-state index in [1.54, 1.807) is 6.07 Å². The van der Waals surface area contributed by atoms with Crippen LogP contribution in [0.1, 0.15) is 35.1 Å². The van der Waals surface area contributed by atoms with Crippen molar-refractivity contribution in [3.05, 3.63) is 59.7 Å². The van der Waals surface area contributed by atoms with Gasteiger partial charge < -0.3 is 15.0 Å². The number of methoxy groups -OCH3 is 1. The van der Waals surface area contributed by atoms with E-state index in [-0.39, 0.29) is 29.3 Å². The van der Waals surface area contributed by atoms with Gasteiger partial charge >= 0.3 is 0 Å². The number of benzene rings is 2. The lowest BCUT2D eigenvalue weighted by atomic mass is 9.96. The van der Waals surface area contributed by atoms with E-state index in [2.05, 4.69) is 22.2 Å². The van der Waals surface area contributed by atoms with Crippen molar-refractivity contribution < 1.29 is 13.9 Å². The Hall–Kier alpha value is -2.93. The van der Waals surface area contributed by atoms with E-state index >= 15 is 0 Å².